The van der Waals surface area contributed by atoms with Crippen LogP contribution in [0.25, 0.3) is 5.69 Å². The normalized spacial score (nSPS) is 10.6. The number of aromatic nitrogens is 4. The fraction of sp³-hybridized carbons (Fsp3) is 0.125. The van der Waals surface area contributed by atoms with Crippen molar-refractivity contribution in [1.29, 1.82) is 0 Å². The lowest BCUT2D eigenvalue weighted by molar-refractivity contribution is 0.102. The number of ether oxygens (including phenoxy) is 1. The minimum Gasteiger partial charge on any atom is -0.495 e. The molecule has 3 aromatic rings. The van der Waals surface area contributed by atoms with Gasteiger partial charge in [0, 0.05) is 17.3 Å². The second-order valence-corrected chi connectivity index (χ2v) is 6.35. The molecular formula is C16H13BrClN5O2. The van der Waals surface area contributed by atoms with E-state index in [2.05, 4.69) is 36.4 Å². The molecule has 2 aromatic heterocycles. The zero-order valence-electron chi connectivity index (χ0n) is 13.3. The number of benzene rings is 1. The van der Waals surface area contributed by atoms with Gasteiger partial charge in [-0.3, -0.25) is 4.79 Å². The predicted molar refractivity (Wildman–Crippen MR) is 97.5 cm³/mol. The van der Waals surface area contributed by atoms with Crippen LogP contribution in [0, 0.1) is 6.92 Å². The summed E-state index contributed by atoms with van der Waals surface area (Å²) in [6, 6.07) is 8.66. The highest BCUT2D eigenvalue weighted by Crippen LogP contribution is 2.26. The number of halogens is 2. The molecule has 0 spiro atoms. The Hall–Kier alpha value is -2.45. The van der Waals surface area contributed by atoms with Crippen molar-refractivity contribution in [1.82, 2.24) is 20.0 Å². The standard InChI is InChI=1S/C16H13BrClN5O2/c1-9-15(22-23(21-9)11-5-3-4-10(18)6-11)16(24)20-14-7-13(25-2)12(17)8-19-14/h3-8H,1-2H3,(H,19,20,24). The molecule has 0 saturated heterocycles. The minimum absolute atomic E-state index is 0.198. The van der Waals surface area contributed by atoms with Crippen LogP contribution in [-0.2, 0) is 0 Å². The van der Waals surface area contributed by atoms with Crippen LogP contribution >= 0.6 is 27.5 Å². The van der Waals surface area contributed by atoms with Gasteiger partial charge in [0.05, 0.1) is 23.0 Å². The van der Waals surface area contributed by atoms with Gasteiger partial charge in [-0.15, -0.1) is 5.10 Å². The lowest BCUT2D eigenvalue weighted by Gasteiger charge is -2.06. The number of carbonyl (C=O) groups excluding carboxylic acids is 1. The third-order valence-electron chi connectivity index (χ3n) is 3.32. The van der Waals surface area contributed by atoms with Crippen LogP contribution in [0.4, 0.5) is 5.82 Å². The molecular weight excluding hydrogens is 410 g/mol. The van der Waals surface area contributed by atoms with Crippen molar-refractivity contribution in [2.24, 2.45) is 0 Å². The Morgan fingerprint density at radius 2 is 2.12 bits per heavy atom. The molecule has 1 N–H and O–H groups in total. The Balaban J connectivity index is 1.86. The first kappa shape index (κ1) is 17.4. The summed E-state index contributed by atoms with van der Waals surface area (Å²) < 4.78 is 5.88. The molecule has 0 bridgehead atoms. The first-order chi connectivity index (χ1) is 12.0. The number of hydrogen-bond donors (Lipinski definition) is 1. The number of rotatable bonds is 4. The van der Waals surface area contributed by atoms with Crippen LogP contribution in [-0.4, -0.2) is 33.0 Å². The van der Waals surface area contributed by atoms with Gasteiger partial charge in [0.2, 0.25) is 0 Å². The van der Waals surface area contributed by atoms with Gasteiger partial charge in [0.1, 0.15) is 11.6 Å². The summed E-state index contributed by atoms with van der Waals surface area (Å²) >= 11 is 9.29. The topological polar surface area (TPSA) is 81.9 Å². The molecule has 1 amide bonds. The van der Waals surface area contributed by atoms with E-state index in [9.17, 15) is 4.79 Å². The maximum Gasteiger partial charge on any atom is 0.279 e. The van der Waals surface area contributed by atoms with Gasteiger partial charge in [0.15, 0.2) is 5.69 Å². The van der Waals surface area contributed by atoms with Crippen molar-refractivity contribution < 1.29 is 9.53 Å². The highest BCUT2D eigenvalue weighted by atomic mass is 79.9. The quantitative estimate of drug-likeness (QED) is 0.694. The predicted octanol–water partition coefficient (Wildman–Crippen LogP) is 3.65. The Morgan fingerprint density at radius 1 is 1.32 bits per heavy atom. The highest BCUT2D eigenvalue weighted by Gasteiger charge is 2.17. The van der Waals surface area contributed by atoms with Gasteiger partial charge in [-0.1, -0.05) is 17.7 Å². The lowest BCUT2D eigenvalue weighted by atomic mass is 10.3. The van der Waals surface area contributed by atoms with Crippen molar-refractivity contribution in [2.45, 2.75) is 6.92 Å². The number of hydrogen-bond acceptors (Lipinski definition) is 5. The molecule has 0 radical (unpaired) electrons. The molecule has 0 atom stereocenters. The second kappa shape index (κ2) is 7.20. The van der Waals surface area contributed by atoms with Crippen LogP contribution in [0.2, 0.25) is 5.02 Å². The van der Waals surface area contributed by atoms with E-state index < -0.39 is 5.91 Å². The summed E-state index contributed by atoms with van der Waals surface area (Å²) in [5.41, 5.74) is 1.35. The van der Waals surface area contributed by atoms with Crippen molar-refractivity contribution in [3.63, 3.8) is 0 Å². The zero-order valence-corrected chi connectivity index (χ0v) is 15.7. The number of nitrogens with zero attached hydrogens (tertiary/aromatic N) is 4. The largest absolute Gasteiger partial charge is 0.495 e. The van der Waals surface area contributed by atoms with E-state index in [4.69, 9.17) is 16.3 Å². The third kappa shape index (κ3) is 3.80. The molecule has 1 aromatic carbocycles. The SMILES string of the molecule is COc1cc(NC(=O)c2nn(-c3cccc(Cl)c3)nc2C)ncc1Br. The van der Waals surface area contributed by atoms with E-state index in [-0.39, 0.29) is 5.69 Å². The molecule has 0 unspecified atom stereocenters. The first-order valence-corrected chi connectivity index (χ1v) is 8.36. The molecule has 0 aliphatic carbocycles. The van der Waals surface area contributed by atoms with Crippen molar-refractivity contribution >= 4 is 39.3 Å². The van der Waals surface area contributed by atoms with Gasteiger partial charge in [0.25, 0.3) is 5.91 Å². The van der Waals surface area contributed by atoms with Crippen molar-refractivity contribution in [3.8, 4) is 11.4 Å². The number of carbonyl (C=O) groups is 1. The molecule has 25 heavy (non-hydrogen) atoms. The summed E-state index contributed by atoms with van der Waals surface area (Å²) in [6.45, 7) is 1.71. The average molecular weight is 423 g/mol. The maximum absolute atomic E-state index is 12.5. The molecule has 0 fully saturated rings. The lowest BCUT2D eigenvalue weighted by Crippen LogP contribution is -2.15. The summed E-state index contributed by atoms with van der Waals surface area (Å²) in [7, 11) is 1.53. The van der Waals surface area contributed by atoms with Crippen LogP contribution in [0.15, 0.2) is 41.0 Å². The Kier molecular flexibility index (Phi) is 5.00. The minimum atomic E-state index is -0.414. The summed E-state index contributed by atoms with van der Waals surface area (Å²) in [4.78, 5) is 18.0. The maximum atomic E-state index is 12.5. The van der Waals surface area contributed by atoms with Crippen molar-refractivity contribution in [2.75, 3.05) is 12.4 Å². The van der Waals surface area contributed by atoms with Crippen molar-refractivity contribution in [3.05, 3.63) is 57.4 Å². The highest BCUT2D eigenvalue weighted by molar-refractivity contribution is 9.10. The summed E-state index contributed by atoms with van der Waals surface area (Å²) in [5.74, 6) is 0.494. The van der Waals surface area contributed by atoms with Gasteiger partial charge in [-0.2, -0.15) is 9.90 Å². The number of methoxy groups -OCH3 is 1. The molecule has 128 valence electrons. The van der Waals surface area contributed by atoms with E-state index in [1.165, 1.54) is 11.9 Å². The monoisotopic (exact) mass is 421 g/mol. The van der Waals surface area contributed by atoms with Crippen LogP contribution < -0.4 is 10.1 Å². The van der Waals surface area contributed by atoms with E-state index in [1.807, 2.05) is 0 Å². The van der Waals surface area contributed by atoms with Gasteiger partial charge < -0.3 is 10.1 Å². The molecule has 3 rings (SSSR count). The first-order valence-electron chi connectivity index (χ1n) is 7.18. The Morgan fingerprint density at radius 3 is 2.84 bits per heavy atom. The van der Waals surface area contributed by atoms with Crippen LogP contribution in [0.3, 0.4) is 0 Å². The average Bonchev–Trinajstić information content (AvgIpc) is 2.98. The Bertz CT molecular complexity index is 944. The molecule has 0 aliphatic heterocycles. The number of nitrogens with one attached hydrogen (secondary N) is 1. The van der Waals surface area contributed by atoms with Gasteiger partial charge in [-0.05, 0) is 41.1 Å². The molecule has 0 aliphatic rings. The van der Waals surface area contributed by atoms with Gasteiger partial charge in [-0.25, -0.2) is 4.98 Å². The van der Waals surface area contributed by atoms with Gasteiger partial charge >= 0.3 is 0 Å². The molecule has 0 saturated carbocycles. The molecule has 9 heteroatoms. The number of aryl methyl sites for hydroxylation is 1. The van der Waals surface area contributed by atoms with Crippen LogP contribution in [0.5, 0.6) is 5.75 Å². The van der Waals surface area contributed by atoms with E-state index in [0.717, 1.165) is 0 Å². The number of pyridine rings is 1. The molecule has 2 heterocycles. The van der Waals surface area contributed by atoms with E-state index in [0.29, 0.717) is 32.4 Å². The fourth-order valence-electron chi connectivity index (χ4n) is 2.13. The van der Waals surface area contributed by atoms with Crippen LogP contribution in [0.1, 0.15) is 16.2 Å². The smallest absolute Gasteiger partial charge is 0.279 e. The fourth-order valence-corrected chi connectivity index (χ4v) is 2.69. The number of amides is 1. The Labute approximate surface area is 157 Å². The summed E-state index contributed by atoms with van der Waals surface area (Å²) in [6.07, 6.45) is 1.55. The summed E-state index contributed by atoms with van der Waals surface area (Å²) in [5, 5.41) is 11.8. The molecule has 7 nitrogen and oxygen atoms in total. The number of anilines is 1. The van der Waals surface area contributed by atoms with E-state index >= 15 is 0 Å². The third-order valence-corrected chi connectivity index (χ3v) is 4.15. The second-order valence-electron chi connectivity index (χ2n) is 5.06. The van der Waals surface area contributed by atoms with E-state index in [1.54, 1.807) is 43.5 Å². The zero-order chi connectivity index (χ0) is 18.0.